The number of aliphatic imine (C=N–C) groups is 1. The van der Waals surface area contributed by atoms with Crippen LogP contribution in [-0.4, -0.2) is 79.6 Å². The van der Waals surface area contributed by atoms with Crippen LogP contribution in [0.15, 0.2) is 34.2 Å². The van der Waals surface area contributed by atoms with E-state index in [1.165, 1.54) is 6.42 Å². The number of likely N-dealkylation sites (N-methyl/N-ethyl adjacent to an activating group) is 1. The number of amides is 1. The van der Waals surface area contributed by atoms with E-state index in [0.29, 0.717) is 5.84 Å². The number of benzene rings is 1. The normalized spacial score (nSPS) is 27.4. The molecular weight excluding hydrogens is 424 g/mol. The summed E-state index contributed by atoms with van der Waals surface area (Å²) in [6.45, 7) is 9.03. The summed E-state index contributed by atoms with van der Waals surface area (Å²) in [5.41, 5.74) is 0.102. The van der Waals surface area contributed by atoms with Gasteiger partial charge in [0.2, 0.25) is 5.91 Å². The van der Waals surface area contributed by atoms with E-state index in [9.17, 15) is 13.2 Å². The molecule has 2 saturated heterocycles. The SMILES string of the molecule is Cc1ccc(S(=O)(=O)N2C(=O)C(C)(C)C(N3CCN(C)CC3)C2=NC2CCCCC2)cc1. The van der Waals surface area contributed by atoms with Crippen LogP contribution in [0, 0.1) is 12.3 Å². The van der Waals surface area contributed by atoms with Crippen molar-refractivity contribution < 1.29 is 13.2 Å². The van der Waals surface area contributed by atoms with E-state index >= 15 is 0 Å². The third-order valence-electron chi connectivity index (χ3n) is 7.22. The molecule has 176 valence electrons. The molecule has 1 amide bonds. The second kappa shape index (κ2) is 8.88. The maximum atomic E-state index is 13.8. The summed E-state index contributed by atoms with van der Waals surface area (Å²) in [7, 11) is -1.95. The molecule has 1 unspecified atom stereocenters. The summed E-state index contributed by atoms with van der Waals surface area (Å²) in [5.74, 6) is 0.0496. The lowest BCUT2D eigenvalue weighted by Gasteiger charge is -2.40. The smallest absolute Gasteiger partial charge is 0.271 e. The molecule has 8 heteroatoms. The van der Waals surface area contributed by atoms with Gasteiger partial charge in [-0.15, -0.1) is 0 Å². The van der Waals surface area contributed by atoms with Gasteiger partial charge < -0.3 is 4.90 Å². The van der Waals surface area contributed by atoms with Crippen LogP contribution in [0.1, 0.15) is 51.5 Å². The summed E-state index contributed by atoms with van der Waals surface area (Å²) >= 11 is 0. The van der Waals surface area contributed by atoms with Gasteiger partial charge >= 0.3 is 0 Å². The fourth-order valence-electron chi connectivity index (χ4n) is 5.18. The molecule has 7 nitrogen and oxygen atoms in total. The Bertz CT molecular complexity index is 973. The molecule has 0 aromatic heterocycles. The Morgan fingerprint density at radius 2 is 1.56 bits per heavy atom. The van der Waals surface area contributed by atoms with Gasteiger partial charge in [-0.3, -0.25) is 14.7 Å². The lowest BCUT2D eigenvalue weighted by Crippen LogP contribution is -2.55. The van der Waals surface area contributed by atoms with Gasteiger partial charge in [0.25, 0.3) is 10.0 Å². The van der Waals surface area contributed by atoms with Crippen LogP contribution in [-0.2, 0) is 14.8 Å². The van der Waals surface area contributed by atoms with Crippen LogP contribution in [0.4, 0.5) is 0 Å². The summed E-state index contributed by atoms with van der Waals surface area (Å²) < 4.78 is 28.6. The minimum atomic E-state index is -4.04. The lowest BCUT2D eigenvalue weighted by molar-refractivity contribution is -0.131. The van der Waals surface area contributed by atoms with Gasteiger partial charge in [0.05, 0.1) is 22.4 Å². The summed E-state index contributed by atoms with van der Waals surface area (Å²) in [6, 6.07) is 6.46. The molecule has 0 bridgehead atoms. The van der Waals surface area contributed by atoms with Gasteiger partial charge in [0.1, 0.15) is 5.84 Å². The molecule has 0 radical (unpaired) electrons. The third kappa shape index (κ3) is 4.24. The van der Waals surface area contributed by atoms with Crippen molar-refractivity contribution in [1.29, 1.82) is 0 Å². The first-order valence-corrected chi connectivity index (χ1v) is 13.2. The van der Waals surface area contributed by atoms with Crippen LogP contribution < -0.4 is 0 Å². The van der Waals surface area contributed by atoms with Crippen LogP contribution in [0.25, 0.3) is 0 Å². The van der Waals surface area contributed by atoms with Gasteiger partial charge in [-0.2, -0.15) is 4.31 Å². The minimum Gasteiger partial charge on any atom is -0.304 e. The first-order chi connectivity index (χ1) is 15.1. The predicted molar refractivity (Wildman–Crippen MR) is 126 cm³/mol. The summed E-state index contributed by atoms with van der Waals surface area (Å²) in [5, 5.41) is 0. The average molecular weight is 461 g/mol. The Hall–Kier alpha value is -1.77. The molecule has 1 aromatic rings. The maximum absolute atomic E-state index is 13.8. The molecule has 3 aliphatic rings. The molecule has 2 aliphatic heterocycles. The number of carbonyl (C=O) groups excluding carboxylic acids is 1. The number of rotatable bonds is 4. The van der Waals surface area contributed by atoms with E-state index in [1.807, 2.05) is 20.8 Å². The molecule has 0 N–H and O–H groups in total. The number of sulfonamides is 1. The third-order valence-corrected chi connectivity index (χ3v) is 8.93. The number of amidine groups is 1. The molecule has 1 saturated carbocycles. The average Bonchev–Trinajstić information content (AvgIpc) is 2.95. The molecule has 1 aromatic carbocycles. The van der Waals surface area contributed by atoms with E-state index < -0.39 is 15.4 Å². The number of nitrogens with zero attached hydrogens (tertiary/aromatic N) is 4. The Labute approximate surface area is 192 Å². The highest BCUT2D eigenvalue weighted by Crippen LogP contribution is 2.40. The zero-order chi connectivity index (χ0) is 23.1. The molecule has 1 atom stereocenters. The van der Waals surface area contributed by atoms with Gasteiger partial charge in [-0.1, -0.05) is 37.0 Å². The van der Waals surface area contributed by atoms with Gasteiger partial charge in [-0.25, -0.2) is 8.42 Å². The van der Waals surface area contributed by atoms with E-state index in [4.69, 9.17) is 4.99 Å². The van der Waals surface area contributed by atoms with Crippen molar-refractivity contribution in [2.24, 2.45) is 10.4 Å². The fraction of sp³-hybridized carbons (Fsp3) is 0.667. The predicted octanol–water partition coefficient (Wildman–Crippen LogP) is 2.90. The van der Waals surface area contributed by atoms with Gasteiger partial charge in [0, 0.05) is 26.2 Å². The second-order valence-electron chi connectivity index (χ2n) is 10.1. The van der Waals surface area contributed by atoms with Crippen LogP contribution >= 0.6 is 0 Å². The van der Waals surface area contributed by atoms with E-state index in [-0.39, 0.29) is 22.9 Å². The van der Waals surface area contributed by atoms with Crippen LogP contribution in [0.5, 0.6) is 0 Å². The molecule has 0 spiro atoms. The molecule has 3 fully saturated rings. The number of carbonyl (C=O) groups is 1. The lowest BCUT2D eigenvalue weighted by atomic mass is 9.85. The number of hydrogen-bond donors (Lipinski definition) is 0. The second-order valence-corrected chi connectivity index (χ2v) is 11.9. The van der Waals surface area contributed by atoms with Crippen molar-refractivity contribution in [3.05, 3.63) is 29.8 Å². The number of aryl methyl sites for hydroxylation is 1. The standard InChI is InChI=1S/C24H36N4O3S/c1-18-10-12-20(13-11-18)32(30,31)28-22(25-19-8-6-5-7-9-19)21(24(2,3)23(28)29)27-16-14-26(4)15-17-27/h10-13,19,21H,5-9,14-17H2,1-4H3. The fourth-order valence-corrected chi connectivity index (χ4v) is 6.72. The highest BCUT2D eigenvalue weighted by atomic mass is 32.2. The number of hydrogen-bond acceptors (Lipinski definition) is 6. The van der Waals surface area contributed by atoms with E-state index in [2.05, 4.69) is 16.8 Å². The molecule has 1 aliphatic carbocycles. The first kappa shape index (κ1) is 23.4. The van der Waals surface area contributed by atoms with Crippen molar-refractivity contribution >= 4 is 21.8 Å². The van der Waals surface area contributed by atoms with Crippen molar-refractivity contribution in [2.75, 3.05) is 33.2 Å². The summed E-state index contributed by atoms with van der Waals surface area (Å²) in [4.78, 5) is 23.4. The Balaban J connectivity index is 1.80. The number of piperazine rings is 1. The molecular formula is C24H36N4O3S. The first-order valence-electron chi connectivity index (χ1n) is 11.8. The minimum absolute atomic E-state index is 0.0751. The van der Waals surface area contributed by atoms with Gasteiger partial charge in [0.15, 0.2) is 0 Å². The molecule has 2 heterocycles. The van der Waals surface area contributed by atoms with Crippen molar-refractivity contribution in [1.82, 2.24) is 14.1 Å². The Morgan fingerprint density at radius 1 is 0.969 bits per heavy atom. The topological polar surface area (TPSA) is 73.3 Å². The van der Waals surface area contributed by atoms with Crippen molar-refractivity contribution in [3.63, 3.8) is 0 Å². The zero-order valence-electron chi connectivity index (χ0n) is 19.7. The van der Waals surface area contributed by atoms with Crippen molar-refractivity contribution in [3.8, 4) is 0 Å². The van der Waals surface area contributed by atoms with Crippen LogP contribution in [0.2, 0.25) is 0 Å². The van der Waals surface area contributed by atoms with Gasteiger partial charge in [-0.05, 0) is 52.8 Å². The quantitative estimate of drug-likeness (QED) is 0.691. The highest BCUT2D eigenvalue weighted by Gasteiger charge is 2.58. The van der Waals surface area contributed by atoms with E-state index in [0.717, 1.165) is 61.7 Å². The maximum Gasteiger partial charge on any atom is 0.271 e. The molecule has 32 heavy (non-hydrogen) atoms. The monoisotopic (exact) mass is 460 g/mol. The molecule has 4 rings (SSSR count). The highest BCUT2D eigenvalue weighted by molar-refractivity contribution is 7.90. The summed E-state index contributed by atoms with van der Waals surface area (Å²) in [6.07, 6.45) is 5.29. The Kier molecular flexibility index (Phi) is 6.49. The largest absolute Gasteiger partial charge is 0.304 e. The zero-order valence-corrected chi connectivity index (χ0v) is 20.6. The van der Waals surface area contributed by atoms with E-state index in [1.54, 1.807) is 24.3 Å². The van der Waals surface area contributed by atoms with Crippen LogP contribution in [0.3, 0.4) is 0 Å². The van der Waals surface area contributed by atoms with Crippen molar-refractivity contribution in [2.45, 2.75) is 69.9 Å². The Morgan fingerprint density at radius 3 is 2.16 bits per heavy atom.